The van der Waals surface area contributed by atoms with Gasteiger partial charge in [-0.05, 0) is 37.8 Å². The van der Waals surface area contributed by atoms with Crippen LogP contribution < -0.4 is 0 Å². The summed E-state index contributed by atoms with van der Waals surface area (Å²) in [5.74, 6) is -0.115. The average molecular weight is 213 g/mol. The first kappa shape index (κ1) is 12.1. The minimum atomic E-state index is -0.115. The first-order valence-electron chi connectivity index (χ1n) is 5.02. The Balaban J connectivity index is 3.24. The first-order chi connectivity index (χ1) is 7.61. The number of nitrogens with zero attached hydrogens (tertiary/aromatic N) is 1. The van der Waals surface area contributed by atoms with Crippen LogP contribution in [0.1, 0.15) is 21.5 Å². The second kappa shape index (κ2) is 5.21. The smallest absolute Gasteiger partial charge is 0.211 e. The maximum absolute atomic E-state index is 12.1. The number of rotatable bonds is 4. The number of carbonyl (C=O) groups is 1. The topological polar surface area (TPSA) is 29.4 Å². The third-order valence-corrected chi connectivity index (χ3v) is 2.53. The van der Waals surface area contributed by atoms with Crippen molar-refractivity contribution < 1.29 is 4.79 Å². The highest BCUT2D eigenvalue weighted by Crippen LogP contribution is 2.17. The molecule has 0 heterocycles. The Bertz CT molecular complexity index is 470. The number of hydrogen-bond donors (Lipinski definition) is 0. The summed E-state index contributed by atoms with van der Waals surface area (Å²) in [5.41, 5.74) is 3.06. The molecule has 0 saturated heterocycles. The molecule has 0 fully saturated rings. The van der Waals surface area contributed by atoms with Crippen LogP contribution in [0.3, 0.4) is 0 Å². The van der Waals surface area contributed by atoms with Crippen LogP contribution in [0.2, 0.25) is 0 Å². The molecule has 2 nitrogen and oxygen atoms in total. The van der Waals surface area contributed by atoms with Gasteiger partial charge in [0, 0.05) is 5.56 Å². The fourth-order valence-electron chi connectivity index (χ4n) is 1.45. The fourth-order valence-corrected chi connectivity index (χ4v) is 1.45. The number of ketones is 1. The summed E-state index contributed by atoms with van der Waals surface area (Å²) in [6.07, 6.45) is 3.10. The van der Waals surface area contributed by atoms with E-state index in [1.807, 2.05) is 26.0 Å². The van der Waals surface area contributed by atoms with E-state index < -0.39 is 0 Å². The Morgan fingerprint density at radius 3 is 2.62 bits per heavy atom. The van der Waals surface area contributed by atoms with Gasteiger partial charge in [0.15, 0.2) is 0 Å². The van der Waals surface area contributed by atoms with Crippen molar-refractivity contribution in [1.29, 1.82) is 0 Å². The molecule has 16 heavy (non-hydrogen) atoms. The molecule has 0 radical (unpaired) electrons. The highest BCUT2D eigenvalue weighted by atomic mass is 16.1. The van der Waals surface area contributed by atoms with Crippen molar-refractivity contribution in [2.45, 2.75) is 13.8 Å². The molecule has 0 bridgehead atoms. The van der Waals surface area contributed by atoms with E-state index >= 15 is 0 Å². The molecule has 1 aromatic rings. The monoisotopic (exact) mass is 213 g/mol. The lowest BCUT2D eigenvalue weighted by Gasteiger charge is -2.07. The Hall–Kier alpha value is -1.96. The Morgan fingerprint density at radius 1 is 1.38 bits per heavy atom. The van der Waals surface area contributed by atoms with E-state index in [2.05, 4.69) is 18.3 Å². The van der Waals surface area contributed by atoms with E-state index in [0.717, 1.165) is 11.1 Å². The number of benzene rings is 1. The summed E-state index contributed by atoms with van der Waals surface area (Å²) in [7, 11) is 0. The van der Waals surface area contributed by atoms with Crippen LogP contribution in [0.5, 0.6) is 0 Å². The molecular formula is C14H15NO. The second-order valence-electron chi connectivity index (χ2n) is 3.52. The van der Waals surface area contributed by atoms with Gasteiger partial charge in [-0.15, -0.1) is 0 Å². The number of allylic oxidation sites excluding steroid dienone is 3. The van der Waals surface area contributed by atoms with Gasteiger partial charge in [-0.1, -0.05) is 30.9 Å². The first-order valence-corrected chi connectivity index (χ1v) is 5.02. The zero-order valence-corrected chi connectivity index (χ0v) is 9.66. The molecule has 0 aromatic heterocycles. The van der Waals surface area contributed by atoms with Gasteiger partial charge in [-0.2, -0.15) is 0 Å². The van der Waals surface area contributed by atoms with Crippen LogP contribution in [0.4, 0.5) is 0 Å². The quantitative estimate of drug-likeness (QED) is 0.327. The van der Waals surface area contributed by atoms with Crippen molar-refractivity contribution in [3.8, 4) is 0 Å². The van der Waals surface area contributed by atoms with Crippen molar-refractivity contribution in [2.24, 2.45) is 4.99 Å². The van der Waals surface area contributed by atoms with Crippen LogP contribution in [0.25, 0.3) is 0 Å². The van der Waals surface area contributed by atoms with E-state index in [1.165, 1.54) is 6.08 Å². The summed E-state index contributed by atoms with van der Waals surface area (Å²) in [4.78, 5) is 15.8. The summed E-state index contributed by atoms with van der Waals surface area (Å²) < 4.78 is 0. The van der Waals surface area contributed by atoms with E-state index in [1.54, 1.807) is 12.1 Å². The second-order valence-corrected chi connectivity index (χ2v) is 3.52. The normalized spacial score (nSPS) is 11.0. The molecule has 0 aliphatic heterocycles. The van der Waals surface area contributed by atoms with Crippen LogP contribution >= 0.6 is 0 Å². The summed E-state index contributed by atoms with van der Waals surface area (Å²) >= 11 is 0. The SMILES string of the molecule is C=C/C=C(\N=C)C(=O)c1cccc(C)c1C. The molecule has 0 spiro atoms. The predicted molar refractivity (Wildman–Crippen MR) is 68.1 cm³/mol. The van der Waals surface area contributed by atoms with Crippen LogP contribution in [-0.2, 0) is 0 Å². The predicted octanol–water partition coefficient (Wildman–Crippen LogP) is 3.26. The van der Waals surface area contributed by atoms with Crippen molar-refractivity contribution in [1.82, 2.24) is 0 Å². The van der Waals surface area contributed by atoms with Gasteiger partial charge in [0.2, 0.25) is 5.78 Å². The minimum Gasteiger partial charge on any atom is -0.287 e. The fraction of sp³-hybridized carbons (Fsp3) is 0.143. The van der Waals surface area contributed by atoms with E-state index in [9.17, 15) is 4.79 Å². The molecule has 0 aliphatic rings. The number of carbonyl (C=O) groups excluding carboxylic acids is 1. The highest BCUT2D eigenvalue weighted by molar-refractivity contribution is 6.10. The third-order valence-electron chi connectivity index (χ3n) is 2.53. The largest absolute Gasteiger partial charge is 0.287 e. The Labute approximate surface area is 96.0 Å². The number of hydrogen-bond acceptors (Lipinski definition) is 2. The number of aryl methyl sites for hydroxylation is 1. The number of Topliss-reactive ketones (excluding diaryl/α,β-unsaturated/α-hetero) is 1. The van der Waals surface area contributed by atoms with E-state index in [0.29, 0.717) is 11.3 Å². The lowest BCUT2D eigenvalue weighted by atomic mass is 9.98. The zero-order chi connectivity index (χ0) is 12.1. The Morgan fingerprint density at radius 2 is 2.06 bits per heavy atom. The molecular weight excluding hydrogens is 198 g/mol. The molecule has 0 unspecified atom stereocenters. The van der Waals surface area contributed by atoms with Gasteiger partial charge in [0.05, 0.1) is 0 Å². The van der Waals surface area contributed by atoms with Crippen LogP contribution in [-0.4, -0.2) is 12.5 Å². The van der Waals surface area contributed by atoms with Gasteiger partial charge in [0.25, 0.3) is 0 Å². The average Bonchev–Trinajstić information content (AvgIpc) is 2.29. The third kappa shape index (κ3) is 2.34. The van der Waals surface area contributed by atoms with Crippen molar-refractivity contribution in [3.05, 3.63) is 59.3 Å². The standard InChI is InChI=1S/C14H15NO/c1-5-7-13(15-4)14(16)12-9-6-8-10(2)11(12)3/h5-9H,1,4H2,2-3H3/b13-7-. The van der Waals surface area contributed by atoms with Crippen molar-refractivity contribution in [2.75, 3.05) is 0 Å². The minimum absolute atomic E-state index is 0.115. The van der Waals surface area contributed by atoms with Crippen LogP contribution in [0, 0.1) is 13.8 Å². The molecule has 0 atom stereocenters. The molecule has 1 aromatic carbocycles. The van der Waals surface area contributed by atoms with Crippen molar-refractivity contribution in [3.63, 3.8) is 0 Å². The van der Waals surface area contributed by atoms with Crippen molar-refractivity contribution >= 4 is 12.5 Å². The summed E-state index contributed by atoms with van der Waals surface area (Å²) in [5, 5.41) is 0. The maximum atomic E-state index is 12.1. The molecule has 1 rings (SSSR count). The number of aliphatic imine (C=N–C) groups is 1. The summed E-state index contributed by atoms with van der Waals surface area (Å²) in [6.45, 7) is 10.8. The van der Waals surface area contributed by atoms with Gasteiger partial charge < -0.3 is 0 Å². The Kier molecular flexibility index (Phi) is 3.95. The molecule has 0 N–H and O–H groups in total. The summed E-state index contributed by atoms with van der Waals surface area (Å²) in [6, 6.07) is 5.64. The lowest BCUT2D eigenvalue weighted by Crippen LogP contribution is -2.04. The molecule has 82 valence electrons. The molecule has 2 heteroatoms. The zero-order valence-electron chi connectivity index (χ0n) is 9.66. The maximum Gasteiger partial charge on any atom is 0.211 e. The van der Waals surface area contributed by atoms with E-state index in [-0.39, 0.29) is 5.78 Å². The highest BCUT2D eigenvalue weighted by Gasteiger charge is 2.13. The van der Waals surface area contributed by atoms with Gasteiger partial charge >= 0.3 is 0 Å². The molecule has 0 aliphatic carbocycles. The van der Waals surface area contributed by atoms with E-state index in [4.69, 9.17) is 0 Å². The van der Waals surface area contributed by atoms with Crippen LogP contribution in [0.15, 0.2) is 47.6 Å². The van der Waals surface area contributed by atoms with Gasteiger partial charge in [-0.25, -0.2) is 0 Å². The molecule has 0 amide bonds. The van der Waals surface area contributed by atoms with Gasteiger partial charge in [0.1, 0.15) is 5.70 Å². The lowest BCUT2D eigenvalue weighted by molar-refractivity contribution is 0.103. The molecule has 0 saturated carbocycles. The van der Waals surface area contributed by atoms with Gasteiger partial charge in [-0.3, -0.25) is 9.79 Å².